The largest absolute Gasteiger partial charge is 0.377 e. The zero-order valence-corrected chi connectivity index (χ0v) is 13.2. The third kappa shape index (κ3) is 3.62. The van der Waals surface area contributed by atoms with E-state index < -0.39 is 0 Å². The molecular formula is C18H29NO. The minimum atomic E-state index is 0.359. The average Bonchev–Trinajstić information content (AvgIpc) is 2.43. The number of ether oxygens (including phenoxy) is 1. The summed E-state index contributed by atoms with van der Waals surface area (Å²) >= 11 is 0. The molecule has 2 heteroatoms. The summed E-state index contributed by atoms with van der Waals surface area (Å²) in [6, 6.07) is 9.36. The van der Waals surface area contributed by atoms with Crippen LogP contribution in [0.3, 0.4) is 0 Å². The van der Waals surface area contributed by atoms with Crippen molar-refractivity contribution in [3.63, 3.8) is 0 Å². The highest BCUT2D eigenvalue weighted by Crippen LogP contribution is 2.38. The topological polar surface area (TPSA) is 21.3 Å². The Balaban J connectivity index is 1.99. The summed E-state index contributed by atoms with van der Waals surface area (Å²) in [7, 11) is 0. The molecule has 0 amide bonds. The summed E-state index contributed by atoms with van der Waals surface area (Å²) in [4.78, 5) is 0. The lowest BCUT2D eigenvalue weighted by Gasteiger charge is -2.36. The molecule has 1 aromatic carbocycles. The van der Waals surface area contributed by atoms with Crippen molar-refractivity contribution in [2.75, 3.05) is 13.2 Å². The van der Waals surface area contributed by atoms with Crippen LogP contribution in [0.15, 0.2) is 24.3 Å². The van der Waals surface area contributed by atoms with Crippen LogP contribution in [0, 0.1) is 0 Å². The molecule has 0 heterocycles. The third-order valence-electron chi connectivity index (χ3n) is 4.37. The molecule has 3 unspecified atom stereocenters. The standard InChI is InChI=1S/C18H29NO/c1-4-9-18(20-6-3)17(19-5-2)13-15-12-14-10-7-8-11-16(14)15/h7-8,10-11,15,17-19H,4-6,9,12-13H2,1-3H3. The van der Waals surface area contributed by atoms with E-state index in [9.17, 15) is 0 Å². The Bertz CT molecular complexity index is 398. The SMILES string of the molecule is CCCC(OCC)C(CC1Cc2ccccc21)NCC. The lowest BCUT2D eigenvalue weighted by molar-refractivity contribution is 0.0239. The molecule has 0 spiro atoms. The molecule has 0 saturated carbocycles. The van der Waals surface area contributed by atoms with E-state index in [0.29, 0.717) is 12.1 Å². The van der Waals surface area contributed by atoms with E-state index >= 15 is 0 Å². The van der Waals surface area contributed by atoms with Crippen molar-refractivity contribution in [3.8, 4) is 0 Å². The van der Waals surface area contributed by atoms with E-state index in [1.165, 1.54) is 24.8 Å². The Hall–Kier alpha value is -0.860. The van der Waals surface area contributed by atoms with Crippen LogP contribution >= 0.6 is 0 Å². The molecule has 1 aliphatic rings. The zero-order valence-electron chi connectivity index (χ0n) is 13.2. The van der Waals surface area contributed by atoms with E-state index in [2.05, 4.69) is 50.4 Å². The van der Waals surface area contributed by atoms with Crippen molar-refractivity contribution in [1.82, 2.24) is 5.32 Å². The Morgan fingerprint density at radius 3 is 2.70 bits per heavy atom. The van der Waals surface area contributed by atoms with Crippen LogP contribution in [0.25, 0.3) is 0 Å². The second-order valence-electron chi connectivity index (χ2n) is 5.78. The maximum absolute atomic E-state index is 5.99. The number of rotatable bonds is 9. The first-order valence-electron chi connectivity index (χ1n) is 8.22. The third-order valence-corrected chi connectivity index (χ3v) is 4.37. The van der Waals surface area contributed by atoms with Crippen LogP contribution in [-0.2, 0) is 11.2 Å². The van der Waals surface area contributed by atoms with Crippen LogP contribution in [0.1, 0.15) is 57.1 Å². The summed E-state index contributed by atoms with van der Waals surface area (Å²) in [6.45, 7) is 8.37. The normalized spacial score (nSPS) is 20.1. The van der Waals surface area contributed by atoms with Gasteiger partial charge in [-0.2, -0.15) is 0 Å². The summed E-state index contributed by atoms with van der Waals surface area (Å²) in [5.41, 5.74) is 3.10. The minimum absolute atomic E-state index is 0.359. The van der Waals surface area contributed by atoms with Gasteiger partial charge in [-0.05, 0) is 49.8 Å². The maximum atomic E-state index is 5.99. The van der Waals surface area contributed by atoms with Gasteiger partial charge in [0.1, 0.15) is 0 Å². The Kier molecular flexibility index (Phi) is 6.06. The Morgan fingerprint density at radius 2 is 2.05 bits per heavy atom. The van der Waals surface area contributed by atoms with E-state index in [1.807, 2.05) is 0 Å². The molecule has 0 saturated heterocycles. The van der Waals surface area contributed by atoms with Gasteiger partial charge in [0.2, 0.25) is 0 Å². The minimum Gasteiger partial charge on any atom is -0.377 e. The predicted octanol–water partition coefficient (Wildman–Crippen LogP) is 3.90. The van der Waals surface area contributed by atoms with Gasteiger partial charge in [-0.1, -0.05) is 44.5 Å². The fourth-order valence-corrected chi connectivity index (χ4v) is 3.41. The lowest BCUT2D eigenvalue weighted by atomic mass is 9.73. The number of hydrogen-bond donors (Lipinski definition) is 1. The van der Waals surface area contributed by atoms with Crippen LogP contribution in [0.5, 0.6) is 0 Å². The molecule has 0 bridgehead atoms. The molecule has 3 atom stereocenters. The Labute approximate surface area is 123 Å². The molecule has 0 aromatic heterocycles. The highest BCUT2D eigenvalue weighted by Gasteiger charge is 2.31. The fraction of sp³-hybridized carbons (Fsp3) is 0.667. The lowest BCUT2D eigenvalue weighted by Crippen LogP contribution is -2.43. The van der Waals surface area contributed by atoms with Gasteiger partial charge in [-0.3, -0.25) is 0 Å². The molecule has 20 heavy (non-hydrogen) atoms. The summed E-state index contributed by atoms with van der Waals surface area (Å²) in [6.07, 6.45) is 5.14. The van der Waals surface area contributed by atoms with Gasteiger partial charge in [-0.15, -0.1) is 0 Å². The van der Waals surface area contributed by atoms with Crippen LogP contribution in [-0.4, -0.2) is 25.3 Å². The first-order chi connectivity index (χ1) is 9.80. The highest BCUT2D eigenvalue weighted by molar-refractivity contribution is 5.39. The van der Waals surface area contributed by atoms with Crippen molar-refractivity contribution >= 4 is 0 Å². The van der Waals surface area contributed by atoms with Gasteiger partial charge in [0, 0.05) is 12.6 Å². The van der Waals surface area contributed by atoms with Crippen molar-refractivity contribution in [2.24, 2.45) is 0 Å². The van der Waals surface area contributed by atoms with Crippen molar-refractivity contribution in [2.45, 2.75) is 64.5 Å². The molecule has 112 valence electrons. The number of hydrogen-bond acceptors (Lipinski definition) is 2. The molecule has 0 fully saturated rings. The van der Waals surface area contributed by atoms with Crippen molar-refractivity contribution in [1.29, 1.82) is 0 Å². The van der Waals surface area contributed by atoms with Crippen molar-refractivity contribution in [3.05, 3.63) is 35.4 Å². The molecule has 1 aliphatic carbocycles. The smallest absolute Gasteiger partial charge is 0.0728 e. The zero-order chi connectivity index (χ0) is 14.4. The highest BCUT2D eigenvalue weighted by atomic mass is 16.5. The van der Waals surface area contributed by atoms with Gasteiger partial charge in [-0.25, -0.2) is 0 Å². The average molecular weight is 275 g/mol. The van der Waals surface area contributed by atoms with E-state index in [1.54, 1.807) is 5.56 Å². The number of fused-ring (bicyclic) bond motifs is 1. The molecular weight excluding hydrogens is 246 g/mol. The molecule has 2 nitrogen and oxygen atoms in total. The van der Waals surface area contributed by atoms with Gasteiger partial charge in [0.15, 0.2) is 0 Å². The predicted molar refractivity (Wildman–Crippen MR) is 85.3 cm³/mol. The van der Waals surface area contributed by atoms with Crippen LogP contribution in [0.2, 0.25) is 0 Å². The van der Waals surface area contributed by atoms with Crippen LogP contribution in [0.4, 0.5) is 0 Å². The Morgan fingerprint density at radius 1 is 1.25 bits per heavy atom. The number of benzene rings is 1. The number of likely N-dealkylation sites (N-methyl/N-ethyl adjacent to an activating group) is 1. The van der Waals surface area contributed by atoms with Gasteiger partial charge in [0.25, 0.3) is 0 Å². The summed E-state index contributed by atoms with van der Waals surface area (Å²) in [5.74, 6) is 0.718. The molecule has 0 aliphatic heterocycles. The maximum Gasteiger partial charge on any atom is 0.0728 e. The quantitative estimate of drug-likeness (QED) is 0.738. The van der Waals surface area contributed by atoms with E-state index in [0.717, 1.165) is 25.5 Å². The molecule has 1 N–H and O–H groups in total. The first-order valence-corrected chi connectivity index (χ1v) is 8.22. The van der Waals surface area contributed by atoms with E-state index in [-0.39, 0.29) is 0 Å². The number of nitrogens with one attached hydrogen (secondary N) is 1. The van der Waals surface area contributed by atoms with E-state index in [4.69, 9.17) is 4.74 Å². The van der Waals surface area contributed by atoms with Crippen molar-refractivity contribution < 1.29 is 4.74 Å². The molecule has 1 aromatic rings. The summed E-state index contributed by atoms with van der Waals surface area (Å²) in [5, 5.41) is 3.66. The fourth-order valence-electron chi connectivity index (χ4n) is 3.41. The van der Waals surface area contributed by atoms with Gasteiger partial charge >= 0.3 is 0 Å². The van der Waals surface area contributed by atoms with Gasteiger partial charge < -0.3 is 10.1 Å². The molecule has 2 rings (SSSR count). The molecule has 0 radical (unpaired) electrons. The second kappa shape index (κ2) is 7.80. The summed E-state index contributed by atoms with van der Waals surface area (Å²) < 4.78 is 5.99. The monoisotopic (exact) mass is 275 g/mol. The van der Waals surface area contributed by atoms with Gasteiger partial charge in [0.05, 0.1) is 6.10 Å². The first kappa shape index (κ1) is 15.5. The van der Waals surface area contributed by atoms with Crippen LogP contribution < -0.4 is 5.32 Å². The second-order valence-corrected chi connectivity index (χ2v) is 5.78.